The lowest BCUT2D eigenvalue weighted by Gasteiger charge is -2.22. The van der Waals surface area contributed by atoms with Crippen LogP contribution in [0.4, 0.5) is 0 Å². The van der Waals surface area contributed by atoms with Crippen LogP contribution in [-0.2, 0) is 10.2 Å². The predicted molar refractivity (Wildman–Crippen MR) is 95.4 cm³/mol. The molecule has 1 heterocycles. The molecule has 0 fully saturated rings. The number of amides is 1. The van der Waals surface area contributed by atoms with Crippen LogP contribution in [0, 0.1) is 6.92 Å². The van der Waals surface area contributed by atoms with Gasteiger partial charge in [-0.3, -0.25) is 4.79 Å². The molecule has 5 heteroatoms. The number of hydrazone groups is 1. The molecule has 1 aromatic carbocycles. The number of hydrogen-bond donors (Lipinski definition) is 1. The third-order valence-corrected chi connectivity index (χ3v) is 4.28. The summed E-state index contributed by atoms with van der Waals surface area (Å²) in [6, 6.07) is 9.79. The summed E-state index contributed by atoms with van der Waals surface area (Å²) in [5.41, 5.74) is 4.67. The van der Waals surface area contributed by atoms with Gasteiger partial charge in [0.2, 0.25) is 0 Å². The Morgan fingerprint density at radius 2 is 2.04 bits per heavy atom. The van der Waals surface area contributed by atoms with Crippen molar-refractivity contribution >= 4 is 23.5 Å². The summed E-state index contributed by atoms with van der Waals surface area (Å²) >= 11 is 1.58. The molecule has 122 valence electrons. The van der Waals surface area contributed by atoms with Gasteiger partial charge >= 0.3 is 0 Å². The molecule has 0 saturated heterocycles. The number of nitrogens with one attached hydrogen (secondary N) is 1. The molecule has 1 aromatic heterocycles. The minimum absolute atomic E-state index is 0.0398. The monoisotopic (exact) mass is 330 g/mol. The van der Waals surface area contributed by atoms with E-state index >= 15 is 0 Å². The molecule has 0 bridgehead atoms. The van der Waals surface area contributed by atoms with Crippen LogP contribution in [0.1, 0.15) is 36.8 Å². The van der Waals surface area contributed by atoms with Crippen molar-refractivity contribution in [3.05, 3.63) is 51.7 Å². The van der Waals surface area contributed by atoms with Crippen LogP contribution >= 0.6 is 11.3 Å². The number of hydrogen-bond acceptors (Lipinski definition) is 4. The van der Waals surface area contributed by atoms with Crippen molar-refractivity contribution in [3.8, 4) is 5.75 Å². The van der Waals surface area contributed by atoms with Crippen molar-refractivity contribution in [3.63, 3.8) is 0 Å². The van der Waals surface area contributed by atoms with E-state index in [2.05, 4.69) is 31.3 Å². The molecule has 2 aromatic rings. The number of rotatable bonds is 5. The molecule has 0 aliphatic carbocycles. The van der Waals surface area contributed by atoms with E-state index in [1.54, 1.807) is 17.6 Å². The maximum atomic E-state index is 11.8. The lowest BCUT2D eigenvalue weighted by Crippen LogP contribution is -2.25. The van der Waals surface area contributed by atoms with E-state index in [1.807, 2.05) is 42.6 Å². The van der Waals surface area contributed by atoms with E-state index in [1.165, 1.54) is 0 Å². The fourth-order valence-electron chi connectivity index (χ4n) is 2.07. The Kier molecular flexibility index (Phi) is 5.55. The highest BCUT2D eigenvalue weighted by Crippen LogP contribution is 2.30. The summed E-state index contributed by atoms with van der Waals surface area (Å²) in [4.78, 5) is 12.9. The molecule has 1 amide bonds. The first-order valence-corrected chi connectivity index (χ1v) is 8.34. The van der Waals surface area contributed by atoms with Crippen molar-refractivity contribution in [2.45, 2.75) is 33.1 Å². The van der Waals surface area contributed by atoms with Gasteiger partial charge in [0, 0.05) is 4.88 Å². The Hall–Kier alpha value is -2.14. The predicted octanol–water partition coefficient (Wildman–Crippen LogP) is 3.88. The molecule has 23 heavy (non-hydrogen) atoms. The highest BCUT2D eigenvalue weighted by molar-refractivity contribution is 7.11. The number of carbonyl (C=O) groups excluding carboxylic acids is 1. The Balaban J connectivity index is 1.90. The van der Waals surface area contributed by atoms with Crippen molar-refractivity contribution in [2.24, 2.45) is 5.10 Å². The van der Waals surface area contributed by atoms with E-state index in [9.17, 15) is 4.79 Å². The summed E-state index contributed by atoms with van der Waals surface area (Å²) < 4.78 is 5.65. The highest BCUT2D eigenvalue weighted by atomic mass is 32.1. The maximum absolute atomic E-state index is 11.8. The van der Waals surface area contributed by atoms with Crippen LogP contribution in [0.3, 0.4) is 0 Å². The third-order valence-electron chi connectivity index (χ3n) is 3.33. The Bertz CT molecular complexity index is 699. The number of aryl methyl sites for hydroxylation is 1. The summed E-state index contributed by atoms with van der Waals surface area (Å²) in [7, 11) is 0. The number of benzene rings is 1. The summed E-state index contributed by atoms with van der Waals surface area (Å²) in [6.45, 7) is 8.29. The van der Waals surface area contributed by atoms with Crippen LogP contribution in [-0.4, -0.2) is 18.7 Å². The second-order valence-corrected chi connectivity index (χ2v) is 7.24. The normalized spacial score (nSPS) is 11.7. The molecule has 0 saturated carbocycles. The van der Waals surface area contributed by atoms with Crippen molar-refractivity contribution < 1.29 is 9.53 Å². The topological polar surface area (TPSA) is 50.7 Å². The first-order chi connectivity index (χ1) is 10.9. The van der Waals surface area contributed by atoms with Gasteiger partial charge in [-0.1, -0.05) is 39.0 Å². The smallest absolute Gasteiger partial charge is 0.277 e. The fraction of sp³-hybridized carbons (Fsp3) is 0.333. The first kappa shape index (κ1) is 17.2. The van der Waals surface area contributed by atoms with Gasteiger partial charge in [-0.15, -0.1) is 11.3 Å². The van der Waals surface area contributed by atoms with Gasteiger partial charge in [0.25, 0.3) is 5.91 Å². The first-order valence-electron chi connectivity index (χ1n) is 7.46. The van der Waals surface area contributed by atoms with Gasteiger partial charge in [0.05, 0.1) is 6.21 Å². The lowest BCUT2D eigenvalue weighted by molar-refractivity contribution is -0.123. The zero-order valence-corrected chi connectivity index (χ0v) is 14.7. The van der Waals surface area contributed by atoms with Gasteiger partial charge in [-0.25, -0.2) is 5.43 Å². The fourth-order valence-corrected chi connectivity index (χ4v) is 2.85. The van der Waals surface area contributed by atoms with E-state index in [-0.39, 0.29) is 17.9 Å². The minimum atomic E-state index is -0.279. The van der Waals surface area contributed by atoms with Crippen LogP contribution < -0.4 is 10.2 Å². The van der Waals surface area contributed by atoms with Crippen LogP contribution in [0.15, 0.2) is 40.8 Å². The molecular weight excluding hydrogens is 308 g/mol. The third kappa shape index (κ3) is 4.93. The number of ether oxygens (including phenoxy) is 1. The molecule has 0 unspecified atom stereocenters. The van der Waals surface area contributed by atoms with Crippen LogP contribution in [0.5, 0.6) is 5.75 Å². The molecule has 2 rings (SSSR count). The van der Waals surface area contributed by atoms with Crippen LogP contribution in [0.25, 0.3) is 0 Å². The minimum Gasteiger partial charge on any atom is -0.483 e. The van der Waals surface area contributed by atoms with E-state index in [0.29, 0.717) is 0 Å². The van der Waals surface area contributed by atoms with Gasteiger partial charge in [-0.05, 0) is 41.0 Å². The molecule has 0 aliphatic rings. The summed E-state index contributed by atoms with van der Waals surface area (Å²) in [6.07, 6.45) is 1.65. The molecule has 0 aliphatic heterocycles. The van der Waals surface area contributed by atoms with Crippen molar-refractivity contribution in [1.82, 2.24) is 5.43 Å². The molecular formula is C18H22N2O2S. The van der Waals surface area contributed by atoms with Crippen molar-refractivity contribution in [2.75, 3.05) is 6.61 Å². The molecule has 0 spiro atoms. The maximum Gasteiger partial charge on any atom is 0.277 e. The Morgan fingerprint density at radius 1 is 1.30 bits per heavy atom. The highest BCUT2D eigenvalue weighted by Gasteiger charge is 2.18. The van der Waals surface area contributed by atoms with Gasteiger partial charge in [0.1, 0.15) is 5.75 Å². The lowest BCUT2D eigenvalue weighted by atomic mass is 9.86. The second kappa shape index (κ2) is 7.42. The molecule has 1 N–H and O–H groups in total. The largest absolute Gasteiger partial charge is 0.483 e. The molecule has 4 nitrogen and oxygen atoms in total. The zero-order chi connectivity index (χ0) is 16.9. The Morgan fingerprint density at radius 3 is 2.70 bits per heavy atom. The van der Waals surface area contributed by atoms with E-state index < -0.39 is 0 Å². The summed E-state index contributed by atoms with van der Waals surface area (Å²) in [5, 5.41) is 5.96. The van der Waals surface area contributed by atoms with Crippen molar-refractivity contribution in [1.29, 1.82) is 0 Å². The molecule has 0 atom stereocenters. The standard InChI is InChI=1S/C18H22N2O2S/c1-13-9-10-23-16(13)11-19-20-17(21)12-22-15-8-6-5-7-14(15)18(2,3)4/h5-11H,12H2,1-4H3,(H,20,21)/b19-11+. The SMILES string of the molecule is Cc1ccsc1/C=N/NC(=O)COc1ccccc1C(C)(C)C. The number of para-hydroxylation sites is 1. The Labute approximate surface area is 141 Å². The van der Waals surface area contributed by atoms with E-state index in [0.717, 1.165) is 21.8 Å². The van der Waals surface area contributed by atoms with Crippen LogP contribution in [0.2, 0.25) is 0 Å². The quantitative estimate of drug-likeness (QED) is 0.668. The number of thiophene rings is 1. The summed E-state index contributed by atoms with van der Waals surface area (Å²) in [5.74, 6) is 0.451. The average molecular weight is 330 g/mol. The van der Waals surface area contributed by atoms with Gasteiger partial charge in [-0.2, -0.15) is 5.10 Å². The van der Waals surface area contributed by atoms with Gasteiger partial charge < -0.3 is 4.74 Å². The number of nitrogens with zero attached hydrogens (tertiary/aromatic N) is 1. The van der Waals surface area contributed by atoms with Gasteiger partial charge in [0.15, 0.2) is 6.61 Å². The zero-order valence-electron chi connectivity index (χ0n) is 13.9. The molecule has 0 radical (unpaired) electrons. The van der Waals surface area contributed by atoms with E-state index in [4.69, 9.17) is 4.74 Å². The second-order valence-electron chi connectivity index (χ2n) is 6.30. The number of carbonyl (C=O) groups is 1. The average Bonchev–Trinajstić information content (AvgIpc) is 2.90.